The number of nitrogens with one attached hydrogen (secondary N) is 2. The van der Waals surface area contributed by atoms with E-state index in [2.05, 4.69) is 10.6 Å². The molecule has 1 aliphatic rings. The highest BCUT2D eigenvalue weighted by atomic mass is 16.8. The average molecular weight is 523 g/mol. The zero-order valence-electron chi connectivity index (χ0n) is 20.9. The highest BCUT2D eigenvalue weighted by Gasteiger charge is 2.32. The van der Waals surface area contributed by atoms with Gasteiger partial charge in [0.2, 0.25) is 11.8 Å². The molecule has 4 rings (SSSR count). The first-order valence-electron chi connectivity index (χ1n) is 12.3. The third kappa shape index (κ3) is 5.57. The van der Waals surface area contributed by atoms with Crippen molar-refractivity contribution in [2.75, 3.05) is 26.2 Å². The number of fused-ring (bicyclic) bond motifs is 3. The molecule has 2 aromatic carbocycles. The standard InChI is InChI=1S/C27H30N4O7/c1-2-11-29-25(34)16-4-6-18-19-7-5-17(26(35)30-12-3-10-28)14-21(19)22(20(18)13-16)15-37-27(36)38-31-23(32)8-9-24(31)33/h4-9,13-14,22,32-33H,2-3,10-12,15,28H2,1H3,(H,29,34)(H,30,35). The summed E-state index contributed by atoms with van der Waals surface area (Å²) in [7, 11) is 0. The minimum absolute atomic E-state index is 0.181. The predicted octanol–water partition coefficient (Wildman–Crippen LogP) is 2.50. The number of hydrogen-bond donors (Lipinski definition) is 5. The van der Waals surface area contributed by atoms with Crippen LogP contribution in [0.3, 0.4) is 0 Å². The second-order valence-corrected chi connectivity index (χ2v) is 8.81. The van der Waals surface area contributed by atoms with Crippen LogP contribution >= 0.6 is 0 Å². The van der Waals surface area contributed by atoms with Gasteiger partial charge in [0.25, 0.3) is 11.8 Å². The number of benzene rings is 2. The lowest BCUT2D eigenvalue weighted by molar-refractivity contribution is 0.0340. The minimum Gasteiger partial charge on any atom is -0.492 e. The first kappa shape index (κ1) is 26.6. The molecule has 0 aliphatic heterocycles. The van der Waals surface area contributed by atoms with Crippen LogP contribution in [0.25, 0.3) is 11.1 Å². The van der Waals surface area contributed by atoms with Gasteiger partial charge in [0.1, 0.15) is 6.61 Å². The lowest BCUT2D eigenvalue weighted by Gasteiger charge is -2.16. The van der Waals surface area contributed by atoms with Crippen LogP contribution in [0.5, 0.6) is 11.8 Å². The predicted molar refractivity (Wildman–Crippen MR) is 138 cm³/mol. The Morgan fingerprint density at radius 3 is 1.97 bits per heavy atom. The molecular formula is C27H30N4O7. The summed E-state index contributed by atoms with van der Waals surface area (Å²) < 4.78 is 5.88. The van der Waals surface area contributed by atoms with Crippen molar-refractivity contribution in [3.8, 4) is 22.9 Å². The molecule has 11 nitrogen and oxygen atoms in total. The molecule has 1 unspecified atom stereocenters. The highest BCUT2D eigenvalue weighted by molar-refractivity contribution is 5.98. The molecule has 1 atom stereocenters. The zero-order valence-corrected chi connectivity index (χ0v) is 20.9. The Labute approximate surface area is 219 Å². The van der Waals surface area contributed by atoms with Crippen molar-refractivity contribution in [2.45, 2.75) is 25.7 Å². The second-order valence-electron chi connectivity index (χ2n) is 8.81. The van der Waals surface area contributed by atoms with Gasteiger partial charge in [0, 0.05) is 42.3 Å². The van der Waals surface area contributed by atoms with Gasteiger partial charge < -0.3 is 31.3 Å². The van der Waals surface area contributed by atoms with E-state index >= 15 is 0 Å². The topological polar surface area (TPSA) is 165 Å². The second kappa shape index (κ2) is 11.7. The van der Waals surface area contributed by atoms with Gasteiger partial charge in [-0.05, 0) is 65.9 Å². The number of rotatable bonds is 10. The monoisotopic (exact) mass is 522 g/mol. The van der Waals surface area contributed by atoms with Gasteiger partial charge >= 0.3 is 6.16 Å². The maximum Gasteiger partial charge on any atom is 0.534 e. The molecule has 0 bridgehead atoms. The maximum absolute atomic E-state index is 12.7. The molecule has 0 saturated carbocycles. The van der Waals surface area contributed by atoms with Crippen molar-refractivity contribution in [3.05, 3.63) is 70.8 Å². The number of amides is 2. The Kier molecular flexibility index (Phi) is 8.17. The first-order valence-corrected chi connectivity index (χ1v) is 12.3. The molecule has 0 radical (unpaired) electrons. The number of aromatic nitrogens is 1. The van der Waals surface area contributed by atoms with E-state index in [1.165, 1.54) is 0 Å². The fourth-order valence-corrected chi connectivity index (χ4v) is 4.32. The van der Waals surface area contributed by atoms with Crippen LogP contribution in [0.4, 0.5) is 4.79 Å². The highest BCUT2D eigenvalue weighted by Crippen LogP contribution is 2.45. The van der Waals surface area contributed by atoms with E-state index in [-0.39, 0.29) is 18.4 Å². The SMILES string of the molecule is CCCNC(=O)c1ccc2c(c1)C(COC(=O)On1c(O)ccc1O)c1cc(C(=O)NCCCN)ccc1-2. The summed E-state index contributed by atoms with van der Waals surface area (Å²) in [5.41, 5.74) is 9.60. The minimum atomic E-state index is -1.16. The van der Waals surface area contributed by atoms with Crippen molar-refractivity contribution in [1.82, 2.24) is 15.4 Å². The molecule has 0 spiro atoms. The molecule has 0 fully saturated rings. The van der Waals surface area contributed by atoms with E-state index in [4.69, 9.17) is 15.3 Å². The largest absolute Gasteiger partial charge is 0.534 e. The third-order valence-electron chi connectivity index (χ3n) is 6.20. The van der Waals surface area contributed by atoms with Crippen LogP contribution in [0.2, 0.25) is 0 Å². The Balaban J connectivity index is 1.62. The third-order valence-corrected chi connectivity index (χ3v) is 6.20. The molecule has 1 heterocycles. The van der Waals surface area contributed by atoms with Gasteiger partial charge in [-0.1, -0.05) is 19.1 Å². The Morgan fingerprint density at radius 1 is 0.895 bits per heavy atom. The maximum atomic E-state index is 12.7. The van der Waals surface area contributed by atoms with E-state index < -0.39 is 23.8 Å². The lowest BCUT2D eigenvalue weighted by Crippen LogP contribution is -2.26. The van der Waals surface area contributed by atoms with Crippen LogP contribution in [-0.4, -0.2) is 59.2 Å². The fraction of sp³-hybridized carbons (Fsp3) is 0.296. The number of aromatic hydroxyl groups is 2. The molecule has 0 saturated heterocycles. The fourth-order valence-electron chi connectivity index (χ4n) is 4.32. The number of nitrogens with zero attached hydrogens (tertiary/aromatic N) is 1. The van der Waals surface area contributed by atoms with Gasteiger partial charge in [-0.15, -0.1) is 4.73 Å². The Morgan fingerprint density at radius 2 is 1.45 bits per heavy atom. The van der Waals surface area contributed by atoms with E-state index in [1.54, 1.807) is 24.3 Å². The van der Waals surface area contributed by atoms with Crippen molar-refractivity contribution in [3.63, 3.8) is 0 Å². The Bertz CT molecular complexity index is 1330. The quantitative estimate of drug-likeness (QED) is 0.200. The van der Waals surface area contributed by atoms with E-state index in [9.17, 15) is 24.6 Å². The van der Waals surface area contributed by atoms with Crippen LogP contribution in [0.15, 0.2) is 48.5 Å². The first-order chi connectivity index (χ1) is 18.3. The molecule has 11 heteroatoms. The van der Waals surface area contributed by atoms with Gasteiger partial charge in [0.15, 0.2) is 0 Å². The summed E-state index contributed by atoms with van der Waals surface area (Å²) in [6, 6.07) is 12.9. The van der Waals surface area contributed by atoms with E-state index in [0.29, 0.717) is 41.9 Å². The van der Waals surface area contributed by atoms with Gasteiger partial charge in [-0.2, -0.15) is 0 Å². The molecule has 1 aromatic heterocycles. The van der Waals surface area contributed by atoms with Gasteiger partial charge in [-0.3, -0.25) is 14.4 Å². The van der Waals surface area contributed by atoms with Crippen molar-refractivity contribution < 1.29 is 34.2 Å². The van der Waals surface area contributed by atoms with Crippen LogP contribution in [-0.2, 0) is 4.74 Å². The number of carbonyl (C=O) groups is 3. The van der Waals surface area contributed by atoms with Gasteiger partial charge in [0.05, 0.1) is 0 Å². The van der Waals surface area contributed by atoms with Crippen LogP contribution in [0.1, 0.15) is 57.5 Å². The molecule has 1 aliphatic carbocycles. The summed E-state index contributed by atoms with van der Waals surface area (Å²) in [6.45, 7) is 3.22. The van der Waals surface area contributed by atoms with Crippen LogP contribution in [0, 0.1) is 0 Å². The molecule has 6 N–H and O–H groups in total. The number of hydrogen-bond acceptors (Lipinski definition) is 8. The smallest absolute Gasteiger partial charge is 0.492 e. The summed E-state index contributed by atoms with van der Waals surface area (Å²) in [5.74, 6) is -1.94. The summed E-state index contributed by atoms with van der Waals surface area (Å²) >= 11 is 0. The number of carbonyl (C=O) groups excluding carboxylic acids is 3. The molecule has 38 heavy (non-hydrogen) atoms. The van der Waals surface area contributed by atoms with Crippen molar-refractivity contribution in [2.24, 2.45) is 5.73 Å². The van der Waals surface area contributed by atoms with E-state index in [1.807, 2.05) is 19.1 Å². The van der Waals surface area contributed by atoms with Crippen molar-refractivity contribution >= 4 is 18.0 Å². The molecule has 3 aromatic rings. The number of nitrogens with two attached hydrogens (primary N) is 1. The molecular weight excluding hydrogens is 492 g/mol. The average Bonchev–Trinajstić information content (AvgIpc) is 3.40. The van der Waals surface area contributed by atoms with Gasteiger partial charge in [-0.25, -0.2) is 4.79 Å². The van der Waals surface area contributed by atoms with Crippen molar-refractivity contribution in [1.29, 1.82) is 0 Å². The van der Waals surface area contributed by atoms with Crippen LogP contribution < -0.4 is 21.2 Å². The molecule has 200 valence electrons. The summed E-state index contributed by atoms with van der Waals surface area (Å²) in [4.78, 5) is 42.6. The lowest BCUT2D eigenvalue weighted by atomic mass is 9.95. The summed E-state index contributed by atoms with van der Waals surface area (Å²) in [6.07, 6.45) is 0.286. The number of ether oxygens (including phenoxy) is 1. The normalized spacial score (nSPS) is 13.4. The molecule has 2 amide bonds. The zero-order chi connectivity index (χ0) is 27.2. The Hall–Kier alpha value is -4.51. The summed E-state index contributed by atoms with van der Waals surface area (Å²) in [5, 5.41) is 25.1. The van der Waals surface area contributed by atoms with E-state index in [0.717, 1.165) is 40.8 Å².